The number of hydrogen-bond donors (Lipinski definition) is 0. The molecule has 2 atom stereocenters. The van der Waals surface area contributed by atoms with Crippen molar-refractivity contribution >= 4 is 39.0 Å². The summed E-state index contributed by atoms with van der Waals surface area (Å²) in [6.45, 7) is 0. The SMILES string of the molecule is N#CC(C#N)=C1c2ccsc2C2c3c(csc31)-c1cc(C#N)c(F)cc1C2c1c(F)c(F)c2c(F)c(F)c(F)c(F)c2c1F. The summed E-state index contributed by atoms with van der Waals surface area (Å²) in [5.41, 5.74) is -0.784. The van der Waals surface area contributed by atoms with E-state index < -0.39 is 80.3 Å². The Morgan fingerprint density at radius 3 is 1.93 bits per heavy atom. The van der Waals surface area contributed by atoms with Crippen LogP contribution in [0.2, 0.25) is 0 Å². The molecule has 0 aliphatic heterocycles. The molecule has 0 amide bonds. The second-order valence-corrected chi connectivity index (χ2v) is 11.7. The number of fused-ring (bicyclic) bond motifs is 5. The van der Waals surface area contributed by atoms with Crippen LogP contribution < -0.4 is 0 Å². The highest BCUT2D eigenvalue weighted by Gasteiger charge is 2.47. The van der Waals surface area contributed by atoms with E-state index in [4.69, 9.17) is 0 Å². The monoisotopic (exact) mass is 637 g/mol. The lowest BCUT2D eigenvalue weighted by Gasteiger charge is -2.38. The predicted molar refractivity (Wildman–Crippen MR) is 143 cm³/mol. The third-order valence-electron chi connectivity index (χ3n) is 7.99. The molecule has 5 aromatic rings. The molecule has 0 radical (unpaired) electrons. The number of benzene rings is 3. The highest BCUT2D eigenvalue weighted by molar-refractivity contribution is 7.13. The molecule has 2 heterocycles. The largest absolute Gasteiger partial charge is 0.206 e. The lowest BCUT2D eigenvalue weighted by Crippen LogP contribution is -2.25. The first-order valence-electron chi connectivity index (χ1n) is 12.4. The van der Waals surface area contributed by atoms with Gasteiger partial charge in [0.15, 0.2) is 34.9 Å². The van der Waals surface area contributed by atoms with Gasteiger partial charge in [0.2, 0.25) is 0 Å². The minimum absolute atomic E-state index is 0.0905. The normalized spacial score (nSPS) is 16.1. The Labute approximate surface area is 249 Å². The Bertz CT molecular complexity index is 2320. The summed E-state index contributed by atoms with van der Waals surface area (Å²) in [6, 6.07) is 8.84. The molecule has 214 valence electrons. The summed E-state index contributed by atoms with van der Waals surface area (Å²) in [5.74, 6) is -19.7. The van der Waals surface area contributed by atoms with E-state index in [0.717, 1.165) is 34.8 Å². The van der Waals surface area contributed by atoms with Crippen LogP contribution in [-0.4, -0.2) is 0 Å². The maximum Gasteiger partial charge on any atom is 0.198 e. The molecule has 2 aliphatic carbocycles. The lowest BCUT2D eigenvalue weighted by atomic mass is 9.65. The van der Waals surface area contributed by atoms with E-state index in [1.807, 2.05) is 12.1 Å². The van der Waals surface area contributed by atoms with Crippen molar-refractivity contribution < 1.29 is 35.1 Å². The third kappa shape index (κ3) is 3.32. The fourth-order valence-corrected chi connectivity index (χ4v) is 8.48. The van der Waals surface area contributed by atoms with Crippen LogP contribution in [0.15, 0.2) is 34.5 Å². The molecule has 3 nitrogen and oxygen atoms in total. The molecule has 2 aromatic heterocycles. The van der Waals surface area contributed by atoms with Crippen molar-refractivity contribution in [2.45, 2.75) is 11.8 Å². The lowest BCUT2D eigenvalue weighted by molar-refractivity contribution is 0.409. The zero-order chi connectivity index (χ0) is 31.4. The van der Waals surface area contributed by atoms with Gasteiger partial charge < -0.3 is 0 Å². The van der Waals surface area contributed by atoms with Gasteiger partial charge in [0, 0.05) is 32.7 Å². The maximum absolute atomic E-state index is 16.4. The molecule has 0 spiro atoms. The smallest absolute Gasteiger partial charge is 0.198 e. The molecule has 0 saturated carbocycles. The fourth-order valence-electron chi connectivity index (χ4n) is 6.25. The van der Waals surface area contributed by atoms with Crippen molar-refractivity contribution in [2.24, 2.45) is 0 Å². The van der Waals surface area contributed by atoms with Crippen molar-refractivity contribution in [3.8, 4) is 29.3 Å². The Morgan fingerprint density at radius 2 is 1.30 bits per heavy atom. The van der Waals surface area contributed by atoms with Crippen LogP contribution in [0.25, 0.3) is 27.5 Å². The molecule has 44 heavy (non-hydrogen) atoms. The molecule has 2 aliphatic rings. The quantitative estimate of drug-likeness (QED) is 0.0797. The topological polar surface area (TPSA) is 71.4 Å². The highest BCUT2D eigenvalue weighted by Crippen LogP contribution is 2.62. The van der Waals surface area contributed by atoms with Gasteiger partial charge in [-0.25, -0.2) is 35.1 Å². The number of rotatable bonds is 1. The summed E-state index contributed by atoms with van der Waals surface area (Å²) in [4.78, 5) is 0.659. The van der Waals surface area contributed by atoms with Crippen LogP contribution in [0.5, 0.6) is 0 Å². The minimum Gasteiger partial charge on any atom is -0.206 e. The molecular formula is C31H7F8N3S2. The molecule has 7 rings (SSSR count). The Morgan fingerprint density at radius 1 is 0.659 bits per heavy atom. The van der Waals surface area contributed by atoms with Gasteiger partial charge in [0.25, 0.3) is 0 Å². The van der Waals surface area contributed by atoms with Crippen LogP contribution in [0.3, 0.4) is 0 Å². The number of hydrogen-bond acceptors (Lipinski definition) is 5. The van der Waals surface area contributed by atoms with Gasteiger partial charge in [-0.3, -0.25) is 0 Å². The van der Waals surface area contributed by atoms with Gasteiger partial charge in [-0.2, -0.15) is 15.8 Å². The maximum atomic E-state index is 16.4. The molecule has 13 heteroatoms. The minimum atomic E-state index is -2.47. The Balaban J connectivity index is 1.68. The number of nitrogens with zero attached hydrogens (tertiary/aromatic N) is 3. The average molecular weight is 638 g/mol. The van der Waals surface area contributed by atoms with Gasteiger partial charge in [-0.1, -0.05) is 0 Å². The molecular weight excluding hydrogens is 630 g/mol. The zero-order valence-corrected chi connectivity index (χ0v) is 22.9. The van der Waals surface area contributed by atoms with E-state index in [2.05, 4.69) is 0 Å². The van der Waals surface area contributed by atoms with E-state index in [9.17, 15) is 33.3 Å². The van der Waals surface area contributed by atoms with E-state index in [0.29, 0.717) is 26.4 Å². The Kier molecular flexibility index (Phi) is 5.99. The second kappa shape index (κ2) is 9.48. The fraction of sp³-hybridized carbons (Fsp3) is 0.0645. The van der Waals surface area contributed by atoms with Crippen molar-refractivity contribution in [3.63, 3.8) is 0 Å². The van der Waals surface area contributed by atoms with Crippen molar-refractivity contribution in [2.75, 3.05) is 0 Å². The molecule has 2 unspecified atom stereocenters. The van der Waals surface area contributed by atoms with Crippen LogP contribution >= 0.6 is 22.7 Å². The molecule has 0 bridgehead atoms. The second-order valence-electron chi connectivity index (χ2n) is 9.91. The first-order valence-corrected chi connectivity index (χ1v) is 14.1. The van der Waals surface area contributed by atoms with Gasteiger partial charge in [0.1, 0.15) is 35.4 Å². The molecule has 0 saturated heterocycles. The first-order chi connectivity index (χ1) is 21.1. The number of halogens is 8. The van der Waals surface area contributed by atoms with E-state index in [1.165, 1.54) is 0 Å². The summed E-state index contributed by atoms with van der Waals surface area (Å²) < 4.78 is 121. The number of thiophene rings is 2. The highest BCUT2D eigenvalue weighted by atomic mass is 32.1. The summed E-state index contributed by atoms with van der Waals surface area (Å²) in [5, 5.41) is 28.7. The third-order valence-corrected chi connectivity index (χ3v) is 10.0. The van der Waals surface area contributed by atoms with Crippen LogP contribution in [0.1, 0.15) is 49.4 Å². The Hall–Kier alpha value is -5.03. The van der Waals surface area contributed by atoms with E-state index in [-0.39, 0.29) is 22.3 Å². The van der Waals surface area contributed by atoms with Crippen LogP contribution in [-0.2, 0) is 0 Å². The van der Waals surface area contributed by atoms with Crippen LogP contribution in [0, 0.1) is 80.5 Å². The molecule has 3 aromatic carbocycles. The van der Waals surface area contributed by atoms with Crippen molar-refractivity contribution in [3.05, 3.63) is 119 Å². The van der Waals surface area contributed by atoms with Crippen molar-refractivity contribution in [1.82, 2.24) is 0 Å². The summed E-state index contributed by atoms with van der Waals surface area (Å²) in [6.07, 6.45) is 0. The van der Waals surface area contributed by atoms with Gasteiger partial charge in [-0.15, -0.1) is 22.7 Å². The summed E-state index contributed by atoms with van der Waals surface area (Å²) >= 11 is 2.11. The van der Waals surface area contributed by atoms with Gasteiger partial charge >= 0.3 is 0 Å². The van der Waals surface area contributed by atoms with Crippen LogP contribution in [0.4, 0.5) is 35.1 Å². The van der Waals surface area contributed by atoms with Gasteiger partial charge in [-0.05, 0) is 56.8 Å². The first kappa shape index (κ1) is 27.8. The average Bonchev–Trinajstić information content (AvgIpc) is 3.68. The molecule has 0 fully saturated rings. The zero-order valence-electron chi connectivity index (χ0n) is 21.2. The van der Waals surface area contributed by atoms with Gasteiger partial charge in [0.05, 0.1) is 16.3 Å². The van der Waals surface area contributed by atoms with Crippen molar-refractivity contribution in [1.29, 1.82) is 15.8 Å². The number of allylic oxidation sites excluding steroid dienone is 1. The predicted octanol–water partition coefficient (Wildman–Crippen LogP) is 9.05. The number of nitriles is 3. The summed E-state index contributed by atoms with van der Waals surface area (Å²) in [7, 11) is 0. The van der Waals surface area contributed by atoms with E-state index in [1.54, 1.807) is 22.9 Å². The van der Waals surface area contributed by atoms with E-state index >= 15 is 17.6 Å². The molecule has 0 N–H and O–H groups in total. The standard InChI is InChI=1S/C31H7F8N3S2/c32-15-4-13-12(3-9(15)5-40)14-8-44-31-16(10(6-41)7-42)11-1-2-43-30(11)19(18(14)31)17(13)20-23(33)21-22(25(35)24(20)34)27(37)29(39)28(38)26(21)36/h1-4,8,17,19H.